The van der Waals surface area contributed by atoms with Crippen LogP contribution in [0.3, 0.4) is 0 Å². The van der Waals surface area contributed by atoms with E-state index in [0.29, 0.717) is 0 Å². The molecule has 1 amide bonds. The van der Waals surface area contributed by atoms with E-state index >= 15 is 0 Å². The van der Waals surface area contributed by atoms with Gasteiger partial charge in [0.15, 0.2) is 0 Å². The lowest BCUT2D eigenvalue weighted by Gasteiger charge is -2.21. The number of hydrogen-bond donors (Lipinski definition) is 0. The average molecular weight is 333 g/mol. The molecule has 0 aliphatic rings. The predicted molar refractivity (Wildman–Crippen MR) is 57.2 cm³/mol. The summed E-state index contributed by atoms with van der Waals surface area (Å²) in [5.41, 5.74) is -0.189. The number of halogens is 5. The maximum atomic E-state index is 12.1. The summed E-state index contributed by atoms with van der Waals surface area (Å²) in [6.07, 6.45) is -3.99. The second kappa shape index (κ2) is 5.19. The number of nitrogens with zero attached hydrogens (tertiary/aromatic N) is 2. The van der Waals surface area contributed by atoms with Crippen LogP contribution in [0.15, 0.2) is 16.7 Å². The molecular weight excluding hydrogens is 328 g/mol. The van der Waals surface area contributed by atoms with Crippen molar-refractivity contribution in [1.82, 2.24) is 4.98 Å². The smallest absolute Gasteiger partial charge is 0.273 e. The van der Waals surface area contributed by atoms with Gasteiger partial charge >= 0.3 is 6.36 Å². The van der Waals surface area contributed by atoms with Crippen molar-refractivity contribution in [1.29, 1.82) is 0 Å². The van der Waals surface area contributed by atoms with E-state index in [9.17, 15) is 18.0 Å². The summed E-state index contributed by atoms with van der Waals surface area (Å²) in [5, 5.41) is 0.137. The first-order valence-corrected chi connectivity index (χ1v) is 5.25. The monoisotopic (exact) mass is 332 g/mol. The lowest BCUT2D eigenvalue weighted by molar-refractivity contribution is -0.327. The van der Waals surface area contributed by atoms with Gasteiger partial charge in [-0.2, -0.15) is 9.90 Å². The number of carbonyl (C=O) groups excluding carboxylic acids is 1. The molecule has 94 valence electrons. The first-order valence-electron chi connectivity index (χ1n) is 4.08. The van der Waals surface area contributed by atoms with Crippen molar-refractivity contribution in [2.24, 2.45) is 0 Å². The van der Waals surface area contributed by atoms with Crippen LogP contribution in [0.2, 0.25) is 5.15 Å². The molecule has 0 unspecified atom stereocenters. The first kappa shape index (κ1) is 14.2. The Morgan fingerprint density at radius 1 is 1.59 bits per heavy atom. The summed E-state index contributed by atoms with van der Waals surface area (Å²) in [4.78, 5) is 18.2. The highest BCUT2D eigenvalue weighted by atomic mass is 79.9. The predicted octanol–water partition coefficient (Wildman–Crippen LogP) is 3.30. The second-order valence-electron chi connectivity index (χ2n) is 2.82. The molecule has 0 spiro atoms. The average Bonchev–Trinajstić information content (AvgIpc) is 2.17. The van der Waals surface area contributed by atoms with Crippen LogP contribution in [0.4, 0.5) is 18.9 Å². The van der Waals surface area contributed by atoms with E-state index in [0.717, 1.165) is 13.1 Å². The van der Waals surface area contributed by atoms with E-state index in [-0.39, 0.29) is 20.4 Å². The Morgan fingerprint density at radius 3 is 2.59 bits per heavy atom. The molecular formula is C8H5BrClF3N2O2. The number of pyridine rings is 1. The Balaban J connectivity index is 3.06. The third-order valence-corrected chi connectivity index (χ3v) is 2.63. The van der Waals surface area contributed by atoms with Crippen LogP contribution in [0.25, 0.3) is 0 Å². The number of anilines is 1. The molecule has 0 saturated heterocycles. The van der Waals surface area contributed by atoms with Gasteiger partial charge < -0.3 is 0 Å². The summed E-state index contributed by atoms with van der Waals surface area (Å²) in [5.74, 6) is -0.946. The molecule has 0 fully saturated rings. The molecule has 0 saturated carbocycles. The number of alkyl halides is 3. The molecule has 9 heteroatoms. The maximum Gasteiger partial charge on any atom is 0.544 e. The number of rotatable bonds is 2. The van der Waals surface area contributed by atoms with Crippen molar-refractivity contribution in [3.63, 3.8) is 0 Å². The number of hydroxylamine groups is 1. The molecule has 1 heterocycles. The molecule has 4 nitrogen and oxygen atoms in total. The summed E-state index contributed by atoms with van der Waals surface area (Å²) in [6, 6.07) is 1.18. The highest BCUT2D eigenvalue weighted by molar-refractivity contribution is 9.10. The van der Waals surface area contributed by atoms with Crippen LogP contribution in [0, 0.1) is 0 Å². The van der Waals surface area contributed by atoms with Crippen LogP contribution >= 0.6 is 27.5 Å². The van der Waals surface area contributed by atoms with Crippen LogP contribution in [0.5, 0.6) is 0 Å². The van der Waals surface area contributed by atoms with E-state index < -0.39 is 12.3 Å². The van der Waals surface area contributed by atoms with Gasteiger partial charge in [-0.25, -0.2) is 4.98 Å². The van der Waals surface area contributed by atoms with Gasteiger partial charge in [-0.1, -0.05) is 11.6 Å². The molecule has 0 aromatic carbocycles. The lowest BCUT2D eigenvalue weighted by atomic mass is 10.4. The van der Waals surface area contributed by atoms with Gasteiger partial charge in [-0.05, 0) is 22.0 Å². The van der Waals surface area contributed by atoms with Crippen molar-refractivity contribution in [2.45, 2.75) is 13.3 Å². The van der Waals surface area contributed by atoms with Crippen molar-refractivity contribution in [2.75, 3.05) is 5.06 Å². The van der Waals surface area contributed by atoms with Gasteiger partial charge in [-0.3, -0.25) is 4.79 Å². The van der Waals surface area contributed by atoms with Gasteiger partial charge in [0, 0.05) is 6.92 Å². The van der Waals surface area contributed by atoms with E-state index in [1.54, 1.807) is 0 Å². The normalized spacial score (nSPS) is 11.4. The van der Waals surface area contributed by atoms with E-state index in [2.05, 4.69) is 25.8 Å². The van der Waals surface area contributed by atoms with Gasteiger partial charge in [-0.15, -0.1) is 13.2 Å². The maximum absolute atomic E-state index is 12.1. The van der Waals surface area contributed by atoms with Crippen LogP contribution in [0.1, 0.15) is 6.92 Å². The highest BCUT2D eigenvalue weighted by Crippen LogP contribution is 2.28. The van der Waals surface area contributed by atoms with Gasteiger partial charge in [0.05, 0.1) is 16.4 Å². The zero-order chi connectivity index (χ0) is 13.2. The minimum absolute atomic E-state index is 0.0595. The Labute approximate surface area is 107 Å². The summed E-state index contributed by atoms with van der Waals surface area (Å²) < 4.78 is 36.4. The molecule has 0 atom stereocenters. The SMILES string of the molecule is CC(=O)N(OC(F)(F)F)c1cnc(Cl)c(Br)c1. The highest BCUT2D eigenvalue weighted by Gasteiger charge is 2.35. The number of amides is 1. The number of hydrogen-bond acceptors (Lipinski definition) is 3. The molecule has 17 heavy (non-hydrogen) atoms. The topological polar surface area (TPSA) is 42.4 Å². The molecule has 0 radical (unpaired) electrons. The fourth-order valence-corrected chi connectivity index (χ4v) is 1.36. The molecule has 1 aromatic rings. The van der Waals surface area contributed by atoms with Gasteiger partial charge in [0.1, 0.15) is 5.15 Å². The second-order valence-corrected chi connectivity index (χ2v) is 4.03. The minimum atomic E-state index is -4.97. The molecule has 0 aliphatic heterocycles. The van der Waals surface area contributed by atoms with E-state index in [1.807, 2.05) is 0 Å². The van der Waals surface area contributed by atoms with Crippen molar-refractivity contribution < 1.29 is 22.8 Å². The lowest BCUT2D eigenvalue weighted by Crippen LogP contribution is -2.35. The summed E-state index contributed by atoms with van der Waals surface area (Å²) in [7, 11) is 0. The third-order valence-electron chi connectivity index (χ3n) is 1.50. The Morgan fingerprint density at radius 2 is 2.18 bits per heavy atom. The summed E-state index contributed by atoms with van der Waals surface area (Å²) >= 11 is 8.55. The fraction of sp³-hybridized carbons (Fsp3) is 0.250. The minimum Gasteiger partial charge on any atom is -0.273 e. The standard InChI is InChI=1S/C8H5BrClF3N2O2/c1-4(16)15(17-8(11,12)13)5-2-6(9)7(10)14-3-5/h2-3H,1H3. The molecule has 0 bridgehead atoms. The fourth-order valence-electron chi connectivity index (χ4n) is 0.924. The quantitative estimate of drug-likeness (QED) is 0.616. The van der Waals surface area contributed by atoms with Crippen LogP contribution in [-0.4, -0.2) is 17.3 Å². The molecule has 1 rings (SSSR count). The Hall–Kier alpha value is -0.860. The molecule has 1 aromatic heterocycles. The Kier molecular flexibility index (Phi) is 4.34. The first-order chi connectivity index (χ1) is 7.70. The van der Waals surface area contributed by atoms with E-state index in [4.69, 9.17) is 11.6 Å². The van der Waals surface area contributed by atoms with Crippen LogP contribution in [-0.2, 0) is 9.63 Å². The number of carbonyl (C=O) groups is 1. The third kappa shape index (κ3) is 4.14. The molecule has 0 N–H and O–H groups in total. The van der Waals surface area contributed by atoms with Gasteiger partial charge in [0.25, 0.3) is 0 Å². The van der Waals surface area contributed by atoms with Crippen molar-refractivity contribution in [3.05, 3.63) is 21.9 Å². The summed E-state index contributed by atoms with van der Waals surface area (Å²) in [6.45, 7) is 0.925. The number of aromatic nitrogens is 1. The van der Waals surface area contributed by atoms with Gasteiger partial charge in [0.2, 0.25) is 5.91 Å². The Bertz CT molecular complexity index is 441. The van der Waals surface area contributed by atoms with Crippen LogP contribution < -0.4 is 5.06 Å². The van der Waals surface area contributed by atoms with Crippen molar-refractivity contribution >= 4 is 39.1 Å². The largest absolute Gasteiger partial charge is 0.544 e. The molecule has 0 aliphatic carbocycles. The zero-order valence-electron chi connectivity index (χ0n) is 8.26. The zero-order valence-corrected chi connectivity index (χ0v) is 10.6. The van der Waals surface area contributed by atoms with Crippen molar-refractivity contribution in [3.8, 4) is 0 Å². The van der Waals surface area contributed by atoms with E-state index in [1.165, 1.54) is 6.07 Å².